The van der Waals surface area contributed by atoms with Crippen molar-refractivity contribution in [2.45, 2.75) is 38.4 Å². The maximum Gasteiger partial charge on any atom is 0.0622 e. The van der Waals surface area contributed by atoms with Gasteiger partial charge >= 0.3 is 0 Å². The van der Waals surface area contributed by atoms with Gasteiger partial charge in [-0.15, -0.1) is 0 Å². The van der Waals surface area contributed by atoms with Gasteiger partial charge in [0.05, 0.1) is 18.9 Å². The minimum atomic E-state index is 0.533. The Morgan fingerprint density at radius 2 is 2.10 bits per heavy atom. The Labute approximate surface area is 126 Å². The molecule has 0 unspecified atom stereocenters. The molecule has 0 bridgehead atoms. The second-order valence-corrected chi connectivity index (χ2v) is 6.80. The summed E-state index contributed by atoms with van der Waals surface area (Å²) in [4.78, 5) is 2.58. The summed E-state index contributed by atoms with van der Waals surface area (Å²) in [5, 5.41) is 4.49. The molecule has 0 aromatic carbocycles. The summed E-state index contributed by atoms with van der Waals surface area (Å²) < 4.78 is 13.7. The number of aromatic nitrogens is 2. The summed E-state index contributed by atoms with van der Waals surface area (Å²) in [6.45, 7) is 6.67. The predicted octanol–water partition coefficient (Wildman–Crippen LogP) is 1.53. The zero-order valence-corrected chi connectivity index (χ0v) is 12.6. The Hall–Kier alpha value is -0.910. The highest BCUT2D eigenvalue weighted by molar-refractivity contribution is 5.03. The topological polar surface area (TPSA) is 39.5 Å². The molecule has 1 aliphatic carbocycles. The van der Waals surface area contributed by atoms with Gasteiger partial charge < -0.3 is 9.47 Å². The van der Waals surface area contributed by atoms with E-state index in [0.717, 1.165) is 58.4 Å². The maximum atomic E-state index is 5.96. The molecule has 5 nitrogen and oxygen atoms in total. The lowest BCUT2D eigenvalue weighted by Crippen LogP contribution is -2.38. The maximum absolute atomic E-state index is 5.96. The van der Waals surface area contributed by atoms with Crippen LogP contribution in [-0.4, -0.2) is 53.7 Å². The first-order valence-electron chi connectivity index (χ1n) is 8.28. The molecule has 21 heavy (non-hydrogen) atoms. The van der Waals surface area contributed by atoms with Crippen LogP contribution in [0.4, 0.5) is 0 Å². The van der Waals surface area contributed by atoms with Gasteiger partial charge in [0.1, 0.15) is 0 Å². The molecule has 2 atom stereocenters. The largest absolute Gasteiger partial charge is 0.381 e. The van der Waals surface area contributed by atoms with Crippen molar-refractivity contribution in [3.8, 4) is 0 Å². The van der Waals surface area contributed by atoms with Gasteiger partial charge in [0.15, 0.2) is 0 Å². The summed E-state index contributed by atoms with van der Waals surface area (Å²) in [7, 11) is 0. The van der Waals surface area contributed by atoms with Crippen LogP contribution in [-0.2, 0) is 22.6 Å². The van der Waals surface area contributed by atoms with Crippen LogP contribution in [0.15, 0.2) is 12.3 Å². The minimum Gasteiger partial charge on any atom is -0.381 e. The van der Waals surface area contributed by atoms with Gasteiger partial charge in [-0.25, -0.2) is 0 Å². The number of ether oxygens (including phenoxy) is 2. The van der Waals surface area contributed by atoms with Crippen molar-refractivity contribution in [1.82, 2.24) is 14.7 Å². The number of hydrogen-bond acceptors (Lipinski definition) is 4. The molecule has 0 radical (unpaired) electrons. The zero-order valence-electron chi connectivity index (χ0n) is 12.6. The van der Waals surface area contributed by atoms with Crippen molar-refractivity contribution in [2.75, 3.05) is 33.0 Å². The zero-order chi connectivity index (χ0) is 14.1. The molecule has 1 saturated heterocycles. The number of nitrogens with zero attached hydrogens (tertiary/aromatic N) is 3. The Morgan fingerprint density at radius 3 is 2.90 bits per heavy atom. The van der Waals surface area contributed by atoms with Crippen molar-refractivity contribution < 1.29 is 9.47 Å². The molecule has 116 valence electrons. The van der Waals surface area contributed by atoms with Crippen LogP contribution >= 0.6 is 0 Å². The van der Waals surface area contributed by atoms with Gasteiger partial charge in [-0.05, 0) is 31.2 Å². The SMILES string of the molecule is c1cc2n(n1)C[C@H](COCC1CC1)CN([C@H]1CCOC1)C2. The molecular weight excluding hydrogens is 266 g/mol. The molecule has 4 rings (SSSR count). The van der Waals surface area contributed by atoms with Gasteiger partial charge in [-0.3, -0.25) is 9.58 Å². The highest BCUT2D eigenvalue weighted by Crippen LogP contribution is 2.29. The van der Waals surface area contributed by atoms with Crippen molar-refractivity contribution >= 4 is 0 Å². The molecule has 0 N–H and O–H groups in total. The molecular formula is C16H25N3O2. The fourth-order valence-electron chi connectivity index (χ4n) is 3.44. The van der Waals surface area contributed by atoms with Gasteiger partial charge in [-0.2, -0.15) is 5.10 Å². The lowest BCUT2D eigenvalue weighted by molar-refractivity contribution is 0.0593. The first-order chi connectivity index (χ1) is 10.4. The average molecular weight is 291 g/mol. The molecule has 2 fully saturated rings. The third-order valence-corrected chi connectivity index (χ3v) is 4.92. The Balaban J connectivity index is 1.42. The van der Waals surface area contributed by atoms with Crippen LogP contribution in [0.2, 0.25) is 0 Å². The highest BCUT2D eigenvalue weighted by atomic mass is 16.5. The summed E-state index contributed by atoms with van der Waals surface area (Å²) in [5.74, 6) is 1.38. The van der Waals surface area contributed by atoms with Crippen LogP contribution in [0.25, 0.3) is 0 Å². The van der Waals surface area contributed by atoms with Gasteiger partial charge in [0.25, 0.3) is 0 Å². The van der Waals surface area contributed by atoms with E-state index in [1.807, 2.05) is 6.20 Å². The summed E-state index contributed by atoms with van der Waals surface area (Å²) in [5.41, 5.74) is 1.33. The van der Waals surface area contributed by atoms with Crippen molar-refractivity contribution in [3.63, 3.8) is 0 Å². The first kappa shape index (κ1) is 13.7. The summed E-state index contributed by atoms with van der Waals surface area (Å²) in [6.07, 6.45) is 5.80. The van der Waals surface area contributed by atoms with E-state index in [-0.39, 0.29) is 0 Å². The van der Waals surface area contributed by atoms with E-state index in [2.05, 4.69) is 20.7 Å². The third-order valence-electron chi connectivity index (χ3n) is 4.92. The lowest BCUT2D eigenvalue weighted by atomic mass is 10.1. The third kappa shape index (κ3) is 3.30. The van der Waals surface area contributed by atoms with E-state index in [9.17, 15) is 0 Å². The van der Waals surface area contributed by atoms with Crippen molar-refractivity contribution in [1.29, 1.82) is 0 Å². The standard InChI is InChI=1S/C16H25N3O2/c1-2-13(1)10-21-11-14-7-18(16-4-6-20-12-16)9-15-3-5-17-19(15)8-14/h3,5,13-14,16H,1-2,4,6-12H2/t14-,16+/m1/s1. The van der Waals surface area contributed by atoms with E-state index in [1.165, 1.54) is 18.5 Å². The van der Waals surface area contributed by atoms with Gasteiger partial charge in [0.2, 0.25) is 0 Å². The second kappa shape index (κ2) is 6.07. The molecule has 5 heteroatoms. The van der Waals surface area contributed by atoms with Crippen LogP contribution in [0, 0.1) is 11.8 Å². The van der Waals surface area contributed by atoms with Crippen LogP contribution in [0.1, 0.15) is 25.0 Å². The molecule has 1 aromatic heterocycles. The predicted molar refractivity (Wildman–Crippen MR) is 78.9 cm³/mol. The van der Waals surface area contributed by atoms with Gasteiger partial charge in [-0.1, -0.05) is 0 Å². The molecule has 1 aromatic rings. The fourth-order valence-corrected chi connectivity index (χ4v) is 3.44. The minimum absolute atomic E-state index is 0.533. The summed E-state index contributed by atoms with van der Waals surface area (Å²) >= 11 is 0. The van der Waals surface area contributed by atoms with Crippen LogP contribution < -0.4 is 0 Å². The molecule has 3 heterocycles. The smallest absolute Gasteiger partial charge is 0.0622 e. The van der Waals surface area contributed by atoms with Crippen LogP contribution in [0.5, 0.6) is 0 Å². The van der Waals surface area contributed by atoms with E-state index >= 15 is 0 Å². The van der Waals surface area contributed by atoms with E-state index < -0.39 is 0 Å². The quantitative estimate of drug-likeness (QED) is 0.825. The monoisotopic (exact) mass is 291 g/mol. The average Bonchev–Trinajstić information content (AvgIpc) is 3.01. The molecule has 3 aliphatic rings. The van der Waals surface area contributed by atoms with E-state index in [0.29, 0.717) is 12.0 Å². The normalized spacial score (nSPS) is 30.3. The van der Waals surface area contributed by atoms with Crippen LogP contribution in [0.3, 0.4) is 0 Å². The first-order valence-corrected chi connectivity index (χ1v) is 8.28. The van der Waals surface area contributed by atoms with E-state index in [1.54, 1.807) is 0 Å². The highest BCUT2D eigenvalue weighted by Gasteiger charge is 2.30. The molecule has 1 saturated carbocycles. The van der Waals surface area contributed by atoms with Crippen molar-refractivity contribution in [3.05, 3.63) is 18.0 Å². The van der Waals surface area contributed by atoms with Crippen molar-refractivity contribution in [2.24, 2.45) is 11.8 Å². The van der Waals surface area contributed by atoms with Gasteiger partial charge in [0, 0.05) is 51.0 Å². The number of rotatable bonds is 5. The Bertz CT molecular complexity index is 466. The van der Waals surface area contributed by atoms with E-state index in [4.69, 9.17) is 9.47 Å². The number of fused-ring (bicyclic) bond motifs is 1. The number of hydrogen-bond donors (Lipinski definition) is 0. The molecule has 2 aliphatic heterocycles. The Kier molecular flexibility index (Phi) is 3.97. The lowest BCUT2D eigenvalue weighted by Gasteiger charge is -2.28. The fraction of sp³-hybridized carbons (Fsp3) is 0.812. The molecule has 0 amide bonds. The Morgan fingerprint density at radius 1 is 1.19 bits per heavy atom. The molecule has 0 spiro atoms. The summed E-state index contributed by atoms with van der Waals surface area (Å²) in [6, 6.07) is 2.72. The second-order valence-electron chi connectivity index (χ2n) is 6.80.